The van der Waals surface area contributed by atoms with Crippen LogP contribution >= 0.6 is 15.9 Å². The molecule has 0 radical (unpaired) electrons. The number of rotatable bonds is 3. The fraction of sp³-hybridized carbons (Fsp3) is 0.273. The summed E-state index contributed by atoms with van der Waals surface area (Å²) in [7, 11) is -4.84. The molecule has 2 rings (SSSR count). The Morgan fingerprint density at radius 3 is 2.60 bits per heavy atom. The number of halogens is 2. The first-order valence-electron chi connectivity index (χ1n) is 5.47. The van der Waals surface area contributed by atoms with Crippen molar-refractivity contribution < 1.29 is 27.0 Å². The number of anilines is 1. The van der Waals surface area contributed by atoms with Gasteiger partial charge in [0, 0.05) is 17.4 Å². The molecular formula is C11H9BrFNO5S. The van der Waals surface area contributed by atoms with Gasteiger partial charge < -0.3 is 10.0 Å². The molecule has 0 saturated carbocycles. The summed E-state index contributed by atoms with van der Waals surface area (Å²) in [4.78, 5) is 23.9. The molecular weight excluding hydrogens is 357 g/mol. The van der Waals surface area contributed by atoms with E-state index in [0.717, 1.165) is 4.90 Å². The zero-order valence-electron chi connectivity index (χ0n) is 9.92. The van der Waals surface area contributed by atoms with Gasteiger partial charge in [0.15, 0.2) is 0 Å². The van der Waals surface area contributed by atoms with Gasteiger partial charge in [-0.2, -0.15) is 8.42 Å². The normalized spacial score (nSPS) is 19.4. The van der Waals surface area contributed by atoms with E-state index in [9.17, 15) is 21.9 Å². The van der Waals surface area contributed by atoms with Crippen LogP contribution in [0.15, 0.2) is 22.7 Å². The maximum atomic E-state index is 12.9. The molecule has 0 spiro atoms. The summed E-state index contributed by atoms with van der Waals surface area (Å²) in [6.45, 7) is -0.389. The molecule has 9 heteroatoms. The first kappa shape index (κ1) is 14.9. The van der Waals surface area contributed by atoms with Crippen LogP contribution in [0.25, 0.3) is 0 Å². The van der Waals surface area contributed by atoms with Crippen molar-refractivity contribution in [1.29, 1.82) is 0 Å². The summed E-state index contributed by atoms with van der Waals surface area (Å²) in [6, 6.07) is 4.19. The molecule has 1 fully saturated rings. The van der Waals surface area contributed by atoms with E-state index in [-0.39, 0.29) is 17.8 Å². The van der Waals surface area contributed by atoms with Gasteiger partial charge in [0.05, 0.1) is 11.3 Å². The summed E-state index contributed by atoms with van der Waals surface area (Å²) in [5.41, 5.74) is -0.110. The molecule has 108 valence electrons. The van der Waals surface area contributed by atoms with E-state index in [1.807, 2.05) is 0 Å². The second-order valence-corrected chi connectivity index (χ2v) is 6.81. The Morgan fingerprint density at radius 2 is 2.10 bits per heavy atom. The molecule has 1 heterocycles. The lowest BCUT2D eigenvalue weighted by molar-refractivity contribution is -0.117. The minimum atomic E-state index is -4.84. The Balaban J connectivity index is 2.43. The molecule has 1 aromatic carbocycles. The number of carbonyl (C=O) groups excluding carboxylic acids is 1. The van der Waals surface area contributed by atoms with Gasteiger partial charge in [-0.15, -0.1) is 3.89 Å². The second-order valence-electron chi connectivity index (χ2n) is 4.27. The number of carboxylic acids is 1. The minimum Gasteiger partial charge on any atom is -0.478 e. The van der Waals surface area contributed by atoms with Gasteiger partial charge in [-0.3, -0.25) is 4.79 Å². The van der Waals surface area contributed by atoms with Gasteiger partial charge in [0.25, 0.3) is 0 Å². The number of benzene rings is 1. The van der Waals surface area contributed by atoms with Gasteiger partial charge in [0.1, 0.15) is 5.25 Å². The van der Waals surface area contributed by atoms with Crippen molar-refractivity contribution in [1.82, 2.24) is 0 Å². The van der Waals surface area contributed by atoms with E-state index in [1.54, 1.807) is 0 Å². The van der Waals surface area contributed by atoms with E-state index in [0.29, 0.717) is 4.47 Å². The highest BCUT2D eigenvalue weighted by Crippen LogP contribution is 2.30. The number of nitrogens with zero attached hydrogens (tertiary/aromatic N) is 1. The van der Waals surface area contributed by atoms with Crippen LogP contribution in [0.5, 0.6) is 0 Å². The number of hydrogen-bond donors (Lipinski definition) is 1. The quantitative estimate of drug-likeness (QED) is 0.820. The van der Waals surface area contributed by atoms with Crippen molar-refractivity contribution in [3.8, 4) is 0 Å². The topological polar surface area (TPSA) is 91.8 Å². The van der Waals surface area contributed by atoms with E-state index in [2.05, 4.69) is 15.9 Å². The summed E-state index contributed by atoms with van der Waals surface area (Å²) in [5, 5.41) is 7.65. The largest absolute Gasteiger partial charge is 0.478 e. The van der Waals surface area contributed by atoms with Crippen LogP contribution < -0.4 is 4.90 Å². The van der Waals surface area contributed by atoms with Crippen LogP contribution in [-0.4, -0.2) is 37.2 Å². The van der Waals surface area contributed by atoms with Crippen LogP contribution in [0.4, 0.5) is 9.57 Å². The molecule has 1 unspecified atom stereocenters. The fourth-order valence-electron chi connectivity index (χ4n) is 2.01. The van der Waals surface area contributed by atoms with Crippen molar-refractivity contribution in [2.24, 2.45) is 0 Å². The predicted octanol–water partition coefficient (Wildman–Crippen LogP) is 1.55. The van der Waals surface area contributed by atoms with Crippen molar-refractivity contribution in [2.45, 2.75) is 11.7 Å². The Bertz CT molecular complexity index is 690. The molecule has 1 amide bonds. The molecule has 1 aliphatic rings. The number of hydrogen-bond acceptors (Lipinski definition) is 4. The van der Waals surface area contributed by atoms with E-state index >= 15 is 0 Å². The van der Waals surface area contributed by atoms with Gasteiger partial charge >= 0.3 is 16.2 Å². The molecule has 1 aromatic rings. The smallest absolute Gasteiger partial charge is 0.337 e. The Morgan fingerprint density at radius 1 is 1.45 bits per heavy atom. The average Bonchev–Trinajstić information content (AvgIpc) is 2.71. The van der Waals surface area contributed by atoms with Gasteiger partial charge in [-0.25, -0.2) is 4.79 Å². The first-order valence-corrected chi connectivity index (χ1v) is 7.71. The molecule has 1 aliphatic heterocycles. The molecule has 1 saturated heterocycles. The second kappa shape index (κ2) is 5.13. The summed E-state index contributed by atoms with van der Waals surface area (Å²) < 4.78 is 35.2. The molecule has 0 bridgehead atoms. The minimum absolute atomic E-state index is 0.0526. The third-order valence-electron chi connectivity index (χ3n) is 2.97. The van der Waals surface area contributed by atoms with Gasteiger partial charge in [-0.05, 0) is 18.2 Å². The maximum Gasteiger partial charge on any atom is 0.337 e. The lowest BCUT2D eigenvalue weighted by atomic mass is 10.1. The van der Waals surface area contributed by atoms with Gasteiger partial charge in [-0.1, -0.05) is 15.9 Å². The number of aromatic carboxylic acids is 1. The predicted molar refractivity (Wildman–Crippen MR) is 71.9 cm³/mol. The lowest BCUT2D eigenvalue weighted by Gasteiger charge is -2.18. The lowest BCUT2D eigenvalue weighted by Crippen LogP contribution is -2.28. The monoisotopic (exact) mass is 365 g/mol. The van der Waals surface area contributed by atoms with Crippen molar-refractivity contribution >= 4 is 43.7 Å². The van der Waals surface area contributed by atoms with E-state index < -0.39 is 33.8 Å². The van der Waals surface area contributed by atoms with Crippen LogP contribution in [-0.2, 0) is 15.0 Å². The van der Waals surface area contributed by atoms with Crippen LogP contribution in [0.2, 0.25) is 0 Å². The van der Waals surface area contributed by atoms with Crippen LogP contribution in [0.1, 0.15) is 16.8 Å². The first-order chi connectivity index (χ1) is 9.20. The summed E-state index contributed by atoms with van der Waals surface area (Å²) in [6.07, 6.45) is -0.492. The molecule has 0 aromatic heterocycles. The van der Waals surface area contributed by atoms with Gasteiger partial charge in [0.2, 0.25) is 5.91 Å². The summed E-state index contributed by atoms with van der Waals surface area (Å²) >= 11 is 3.11. The van der Waals surface area contributed by atoms with E-state index in [1.165, 1.54) is 18.2 Å². The maximum absolute atomic E-state index is 12.9. The fourth-order valence-corrected chi connectivity index (χ4v) is 3.04. The standard InChI is InChI=1S/C11H9BrFNO5S/c12-6-1-2-9(8(3-6)11(16)17)14-5-7(4-10(14)15)20(13,18)19/h1-3,7H,4-5H2,(H,16,17). The molecule has 6 nitrogen and oxygen atoms in total. The van der Waals surface area contributed by atoms with E-state index in [4.69, 9.17) is 5.11 Å². The zero-order chi connectivity index (χ0) is 15.1. The highest BCUT2D eigenvalue weighted by atomic mass is 79.9. The van der Waals surface area contributed by atoms with Crippen LogP contribution in [0, 0.1) is 0 Å². The Labute approximate surface area is 122 Å². The Hall–Kier alpha value is -1.48. The number of carboxylic acid groups (broad SMARTS) is 1. The van der Waals surface area contributed by atoms with Crippen LogP contribution in [0.3, 0.4) is 0 Å². The zero-order valence-corrected chi connectivity index (χ0v) is 12.3. The Kier molecular flexibility index (Phi) is 3.83. The molecule has 1 N–H and O–H groups in total. The SMILES string of the molecule is O=C(O)c1cc(Br)ccc1N1CC(S(=O)(=O)F)CC1=O. The average molecular weight is 366 g/mol. The number of amides is 1. The highest BCUT2D eigenvalue weighted by molar-refractivity contribution is 9.10. The number of carbonyl (C=O) groups is 2. The van der Waals surface area contributed by atoms with Crippen molar-refractivity contribution in [3.05, 3.63) is 28.2 Å². The third kappa shape index (κ3) is 2.83. The van der Waals surface area contributed by atoms with Crippen molar-refractivity contribution in [2.75, 3.05) is 11.4 Å². The highest BCUT2D eigenvalue weighted by Gasteiger charge is 2.40. The molecule has 1 atom stereocenters. The molecule has 0 aliphatic carbocycles. The molecule has 20 heavy (non-hydrogen) atoms. The van der Waals surface area contributed by atoms with Crippen molar-refractivity contribution in [3.63, 3.8) is 0 Å². The third-order valence-corrected chi connectivity index (χ3v) is 4.57. The summed E-state index contributed by atoms with van der Waals surface area (Å²) in [5.74, 6) is -1.89.